The fourth-order valence-electron chi connectivity index (χ4n) is 2.29. The van der Waals surface area contributed by atoms with Crippen molar-refractivity contribution < 1.29 is 4.74 Å². The number of aromatic nitrogens is 2. The summed E-state index contributed by atoms with van der Waals surface area (Å²) in [5.41, 5.74) is 8.35. The second-order valence-electron chi connectivity index (χ2n) is 4.58. The van der Waals surface area contributed by atoms with Gasteiger partial charge in [-0.3, -0.25) is 4.68 Å². The third-order valence-electron chi connectivity index (χ3n) is 3.21. The topological polar surface area (TPSA) is 53.1 Å². The molecule has 0 spiro atoms. The molecule has 2 unspecified atom stereocenters. The van der Waals surface area contributed by atoms with Gasteiger partial charge in [0.15, 0.2) is 0 Å². The normalized spacial score (nSPS) is 22.4. The van der Waals surface area contributed by atoms with E-state index in [0.717, 1.165) is 27.8 Å². The van der Waals surface area contributed by atoms with Gasteiger partial charge in [0, 0.05) is 41.3 Å². The molecule has 0 saturated heterocycles. The summed E-state index contributed by atoms with van der Waals surface area (Å²) in [4.78, 5) is 0. The predicted octanol–water partition coefficient (Wildman–Crippen LogP) is 2.71. The van der Waals surface area contributed by atoms with Crippen LogP contribution in [-0.2, 0) is 7.05 Å². The van der Waals surface area contributed by atoms with E-state index < -0.39 is 0 Å². The van der Waals surface area contributed by atoms with E-state index in [1.54, 1.807) is 4.68 Å². The summed E-state index contributed by atoms with van der Waals surface area (Å²) in [7, 11) is 1.90. The molecule has 1 aliphatic heterocycles. The highest BCUT2D eigenvalue weighted by atomic mass is 79.9. The molecule has 94 valence electrons. The number of nitrogens with zero attached hydrogens (tertiary/aromatic N) is 2. The Morgan fingerprint density at radius 3 is 3.06 bits per heavy atom. The molecule has 0 saturated carbocycles. The summed E-state index contributed by atoms with van der Waals surface area (Å²) >= 11 is 3.46. The highest BCUT2D eigenvalue weighted by molar-refractivity contribution is 9.10. The molecule has 1 aromatic heterocycles. The van der Waals surface area contributed by atoms with E-state index in [9.17, 15) is 0 Å². The number of ether oxygens (including phenoxy) is 1. The molecule has 0 fully saturated rings. The van der Waals surface area contributed by atoms with Gasteiger partial charge in [-0.1, -0.05) is 15.9 Å². The first-order valence-electron chi connectivity index (χ1n) is 5.83. The van der Waals surface area contributed by atoms with Crippen LogP contribution in [0.2, 0.25) is 0 Å². The Morgan fingerprint density at radius 1 is 1.50 bits per heavy atom. The fraction of sp³-hybridized carbons (Fsp3) is 0.308. The predicted molar refractivity (Wildman–Crippen MR) is 72.3 cm³/mol. The van der Waals surface area contributed by atoms with Gasteiger partial charge < -0.3 is 10.5 Å². The fourth-order valence-corrected chi connectivity index (χ4v) is 2.66. The van der Waals surface area contributed by atoms with Crippen molar-refractivity contribution in [2.24, 2.45) is 12.8 Å². The molecule has 5 heteroatoms. The van der Waals surface area contributed by atoms with Crippen LogP contribution in [0.25, 0.3) is 0 Å². The van der Waals surface area contributed by atoms with Crippen molar-refractivity contribution in [1.82, 2.24) is 9.78 Å². The molecule has 0 radical (unpaired) electrons. The van der Waals surface area contributed by atoms with Crippen molar-refractivity contribution in [3.63, 3.8) is 0 Å². The average molecular weight is 308 g/mol. The van der Waals surface area contributed by atoms with Crippen molar-refractivity contribution in [3.8, 4) is 5.75 Å². The standard InChI is InChI=1S/C13H14BrN3O/c1-17-7-8(6-16-17)13-5-11(15)10-4-9(14)2-3-12(10)18-13/h2-4,6-7,11,13H,5,15H2,1H3. The third-order valence-corrected chi connectivity index (χ3v) is 3.70. The van der Waals surface area contributed by atoms with E-state index in [4.69, 9.17) is 10.5 Å². The zero-order valence-electron chi connectivity index (χ0n) is 10.0. The Bertz CT molecular complexity index is 581. The Morgan fingerprint density at radius 2 is 2.33 bits per heavy atom. The quantitative estimate of drug-likeness (QED) is 0.881. The number of halogens is 1. The summed E-state index contributed by atoms with van der Waals surface area (Å²) in [6.07, 6.45) is 4.57. The lowest BCUT2D eigenvalue weighted by Gasteiger charge is -2.29. The van der Waals surface area contributed by atoms with Crippen LogP contribution in [0.3, 0.4) is 0 Å². The maximum absolute atomic E-state index is 6.22. The smallest absolute Gasteiger partial charge is 0.129 e. The van der Waals surface area contributed by atoms with Gasteiger partial charge in [-0.05, 0) is 18.2 Å². The van der Waals surface area contributed by atoms with Crippen molar-refractivity contribution in [3.05, 3.63) is 46.2 Å². The van der Waals surface area contributed by atoms with Gasteiger partial charge in [0.05, 0.1) is 6.20 Å². The molecule has 2 aromatic rings. The van der Waals surface area contributed by atoms with E-state index in [2.05, 4.69) is 21.0 Å². The van der Waals surface area contributed by atoms with E-state index in [-0.39, 0.29) is 12.1 Å². The van der Waals surface area contributed by atoms with Gasteiger partial charge >= 0.3 is 0 Å². The molecule has 1 aromatic carbocycles. The van der Waals surface area contributed by atoms with E-state index in [1.165, 1.54) is 0 Å². The largest absolute Gasteiger partial charge is 0.485 e. The molecular weight excluding hydrogens is 294 g/mol. The number of benzene rings is 1. The molecule has 3 rings (SSSR count). The average Bonchev–Trinajstić information content (AvgIpc) is 2.77. The first-order chi connectivity index (χ1) is 8.63. The second kappa shape index (κ2) is 4.40. The monoisotopic (exact) mass is 307 g/mol. The van der Waals surface area contributed by atoms with Crippen LogP contribution in [0.15, 0.2) is 35.1 Å². The Kier molecular flexibility index (Phi) is 2.87. The zero-order valence-corrected chi connectivity index (χ0v) is 11.6. The summed E-state index contributed by atoms with van der Waals surface area (Å²) in [6, 6.07) is 5.95. The lowest BCUT2D eigenvalue weighted by molar-refractivity contribution is 0.161. The van der Waals surface area contributed by atoms with Crippen LogP contribution in [0.5, 0.6) is 5.75 Å². The second-order valence-corrected chi connectivity index (χ2v) is 5.49. The van der Waals surface area contributed by atoms with E-state index >= 15 is 0 Å². The Labute approximate surface area is 114 Å². The van der Waals surface area contributed by atoms with E-state index in [0.29, 0.717) is 0 Å². The van der Waals surface area contributed by atoms with Crippen LogP contribution in [0, 0.1) is 0 Å². The Hall–Kier alpha value is -1.33. The number of rotatable bonds is 1. The number of aryl methyl sites for hydroxylation is 1. The molecule has 4 nitrogen and oxygen atoms in total. The van der Waals surface area contributed by atoms with Crippen molar-refractivity contribution in [1.29, 1.82) is 0 Å². The first kappa shape index (κ1) is 11.7. The van der Waals surface area contributed by atoms with Crippen LogP contribution >= 0.6 is 15.9 Å². The van der Waals surface area contributed by atoms with Crippen LogP contribution in [0.4, 0.5) is 0 Å². The minimum Gasteiger partial charge on any atom is -0.485 e. The molecule has 2 heterocycles. The van der Waals surface area contributed by atoms with Gasteiger partial charge in [0.2, 0.25) is 0 Å². The highest BCUT2D eigenvalue weighted by Crippen LogP contribution is 2.40. The maximum Gasteiger partial charge on any atom is 0.129 e. The number of nitrogens with two attached hydrogens (primary N) is 1. The summed E-state index contributed by atoms with van der Waals surface area (Å²) in [6.45, 7) is 0. The zero-order chi connectivity index (χ0) is 12.7. The molecule has 0 amide bonds. The van der Waals surface area contributed by atoms with Gasteiger partial charge in [-0.15, -0.1) is 0 Å². The number of hydrogen-bond donors (Lipinski definition) is 1. The lowest BCUT2D eigenvalue weighted by atomic mass is 9.95. The van der Waals surface area contributed by atoms with Gasteiger partial charge in [0.25, 0.3) is 0 Å². The first-order valence-corrected chi connectivity index (χ1v) is 6.63. The number of fused-ring (bicyclic) bond motifs is 1. The van der Waals surface area contributed by atoms with Crippen molar-refractivity contribution in [2.75, 3.05) is 0 Å². The summed E-state index contributed by atoms with van der Waals surface area (Å²) in [5, 5.41) is 4.18. The lowest BCUT2D eigenvalue weighted by Crippen LogP contribution is -2.23. The van der Waals surface area contributed by atoms with Crippen LogP contribution in [0.1, 0.15) is 29.7 Å². The summed E-state index contributed by atoms with van der Waals surface area (Å²) < 4.78 is 8.81. The summed E-state index contributed by atoms with van der Waals surface area (Å²) in [5.74, 6) is 0.866. The molecule has 0 bridgehead atoms. The van der Waals surface area contributed by atoms with Gasteiger partial charge in [0.1, 0.15) is 11.9 Å². The van der Waals surface area contributed by atoms with E-state index in [1.807, 2.05) is 37.6 Å². The minimum atomic E-state index is -0.0117. The molecule has 18 heavy (non-hydrogen) atoms. The van der Waals surface area contributed by atoms with Gasteiger partial charge in [-0.2, -0.15) is 5.10 Å². The molecule has 2 atom stereocenters. The molecule has 2 N–H and O–H groups in total. The number of hydrogen-bond acceptors (Lipinski definition) is 3. The van der Waals surface area contributed by atoms with Crippen molar-refractivity contribution in [2.45, 2.75) is 18.6 Å². The van der Waals surface area contributed by atoms with Crippen LogP contribution < -0.4 is 10.5 Å². The van der Waals surface area contributed by atoms with Crippen LogP contribution in [-0.4, -0.2) is 9.78 Å². The third kappa shape index (κ3) is 2.04. The molecular formula is C13H14BrN3O. The molecule has 0 aliphatic carbocycles. The molecule has 1 aliphatic rings. The maximum atomic E-state index is 6.22. The van der Waals surface area contributed by atoms with Crippen molar-refractivity contribution >= 4 is 15.9 Å². The Balaban J connectivity index is 1.94. The van der Waals surface area contributed by atoms with Gasteiger partial charge in [-0.25, -0.2) is 0 Å². The SMILES string of the molecule is Cn1cc(C2CC(N)c3cc(Br)ccc3O2)cn1. The minimum absolute atomic E-state index is 0.00328. The highest BCUT2D eigenvalue weighted by Gasteiger charge is 2.27.